The molecule has 0 saturated carbocycles. The van der Waals surface area contributed by atoms with Gasteiger partial charge >= 0.3 is 6.09 Å². The Hall–Kier alpha value is -1.33. The molecule has 0 unspecified atom stereocenters. The maximum Gasteiger partial charge on any atom is 0.410 e. The number of likely N-dealkylation sites (N-methyl/N-ethyl adjacent to an activating group) is 1. The van der Waals surface area contributed by atoms with Gasteiger partial charge in [0, 0.05) is 13.6 Å². The molecule has 0 atom stereocenters. The highest BCUT2D eigenvalue weighted by Gasteiger charge is 2.37. The van der Waals surface area contributed by atoms with Gasteiger partial charge in [-0.25, -0.2) is 4.79 Å². The van der Waals surface area contributed by atoms with Crippen LogP contribution in [0, 0.1) is 0 Å². The lowest BCUT2D eigenvalue weighted by atomic mass is 9.93. The summed E-state index contributed by atoms with van der Waals surface area (Å²) in [5.74, 6) is 0.437. The van der Waals surface area contributed by atoms with Crippen LogP contribution >= 0.6 is 0 Å². The van der Waals surface area contributed by atoms with Crippen molar-refractivity contribution in [1.82, 2.24) is 4.90 Å². The molecular formula is C24H43NO3Si. The third kappa shape index (κ3) is 8.13. The van der Waals surface area contributed by atoms with E-state index < -0.39 is 13.9 Å². The van der Waals surface area contributed by atoms with Gasteiger partial charge in [-0.3, -0.25) is 0 Å². The first-order chi connectivity index (χ1) is 13.0. The van der Waals surface area contributed by atoms with E-state index in [1.165, 1.54) is 16.7 Å². The predicted octanol–water partition coefficient (Wildman–Crippen LogP) is 6.74. The summed E-state index contributed by atoms with van der Waals surface area (Å²) >= 11 is 0. The van der Waals surface area contributed by atoms with E-state index in [4.69, 9.17) is 9.16 Å². The Bertz CT molecular complexity index is 684. The fourth-order valence-corrected chi connectivity index (χ4v) is 3.69. The van der Waals surface area contributed by atoms with Crippen molar-refractivity contribution < 1.29 is 14.0 Å². The molecule has 0 aliphatic heterocycles. The molecule has 0 fully saturated rings. The molecule has 1 aromatic carbocycles. The number of carbonyl (C=O) groups excluding carboxylic acids is 1. The van der Waals surface area contributed by atoms with E-state index in [0.29, 0.717) is 19.1 Å². The highest BCUT2D eigenvalue weighted by molar-refractivity contribution is 6.74. The second-order valence-corrected chi connectivity index (χ2v) is 15.7. The first kappa shape index (κ1) is 25.7. The third-order valence-corrected chi connectivity index (χ3v) is 10.1. The summed E-state index contributed by atoms with van der Waals surface area (Å²) in [6, 6.07) is 6.66. The summed E-state index contributed by atoms with van der Waals surface area (Å²) in [4.78, 5) is 13.9. The van der Waals surface area contributed by atoms with Crippen LogP contribution < -0.4 is 0 Å². The smallest absolute Gasteiger partial charge is 0.410 e. The summed E-state index contributed by atoms with van der Waals surface area (Å²) in [7, 11) is 0.0150. The molecule has 0 spiro atoms. The van der Waals surface area contributed by atoms with Crippen LogP contribution in [0.4, 0.5) is 4.79 Å². The maximum absolute atomic E-state index is 12.3. The molecule has 4 nitrogen and oxygen atoms in total. The standard InChI is InChI=1S/C24H43NO3Si/c1-18(2)21-13-12-19(17-27-29(10,11)24(6,7)8)16-20(21)14-15-25(9)22(26)28-23(3,4)5/h12-13,16,18H,14-15,17H2,1-11H3. The van der Waals surface area contributed by atoms with Crippen LogP contribution in [0.2, 0.25) is 18.1 Å². The van der Waals surface area contributed by atoms with E-state index in [1.807, 2.05) is 20.8 Å². The van der Waals surface area contributed by atoms with Gasteiger partial charge in [0.1, 0.15) is 5.60 Å². The summed E-state index contributed by atoms with van der Waals surface area (Å²) in [5, 5.41) is 0.198. The highest BCUT2D eigenvalue weighted by atomic mass is 28.4. The SMILES string of the molecule is CC(C)c1ccc(CO[Si](C)(C)C(C)(C)C)cc1CCN(C)C(=O)OC(C)(C)C. The van der Waals surface area contributed by atoms with Gasteiger partial charge in [-0.15, -0.1) is 0 Å². The molecule has 166 valence electrons. The van der Waals surface area contributed by atoms with Crippen LogP contribution in [0.15, 0.2) is 18.2 Å². The number of carbonyl (C=O) groups is 1. The molecule has 1 rings (SSSR count). The second-order valence-electron chi connectivity index (χ2n) is 10.9. The van der Waals surface area contributed by atoms with Gasteiger partial charge in [0.15, 0.2) is 8.32 Å². The Morgan fingerprint density at radius 3 is 2.17 bits per heavy atom. The number of nitrogens with zero attached hydrogens (tertiary/aromatic N) is 1. The molecule has 0 bridgehead atoms. The van der Waals surface area contributed by atoms with Crippen LogP contribution in [-0.4, -0.2) is 38.5 Å². The van der Waals surface area contributed by atoms with Crippen LogP contribution in [0.5, 0.6) is 0 Å². The largest absolute Gasteiger partial charge is 0.444 e. The van der Waals surface area contributed by atoms with Crippen LogP contribution in [0.3, 0.4) is 0 Å². The molecular weight excluding hydrogens is 378 g/mol. The quantitative estimate of drug-likeness (QED) is 0.457. The molecule has 29 heavy (non-hydrogen) atoms. The van der Waals surface area contributed by atoms with Crippen molar-refractivity contribution in [2.75, 3.05) is 13.6 Å². The number of hydrogen-bond donors (Lipinski definition) is 0. The fraction of sp³-hybridized carbons (Fsp3) is 0.708. The minimum absolute atomic E-state index is 0.198. The van der Waals surface area contributed by atoms with Crippen molar-refractivity contribution in [3.05, 3.63) is 34.9 Å². The zero-order chi connectivity index (χ0) is 22.6. The number of benzene rings is 1. The van der Waals surface area contributed by atoms with E-state index in [0.717, 1.165) is 6.42 Å². The molecule has 0 aliphatic rings. The van der Waals surface area contributed by atoms with Crippen molar-refractivity contribution in [3.8, 4) is 0 Å². The second kappa shape index (κ2) is 9.65. The van der Waals surface area contributed by atoms with Gasteiger partial charge in [-0.05, 0) is 67.9 Å². The fourth-order valence-electron chi connectivity index (χ4n) is 2.73. The van der Waals surface area contributed by atoms with Gasteiger partial charge in [-0.2, -0.15) is 0 Å². The summed E-state index contributed by atoms with van der Waals surface area (Å²) in [6.45, 7) is 22.7. The summed E-state index contributed by atoms with van der Waals surface area (Å²) < 4.78 is 11.9. The number of ether oxygens (including phenoxy) is 1. The lowest BCUT2D eigenvalue weighted by Gasteiger charge is -2.36. The molecule has 1 amide bonds. The van der Waals surface area contributed by atoms with Gasteiger partial charge < -0.3 is 14.1 Å². The van der Waals surface area contributed by atoms with Gasteiger partial charge in [0.25, 0.3) is 0 Å². The monoisotopic (exact) mass is 421 g/mol. The lowest BCUT2D eigenvalue weighted by Crippen LogP contribution is -2.40. The van der Waals surface area contributed by atoms with Crippen molar-refractivity contribution >= 4 is 14.4 Å². The zero-order valence-corrected chi connectivity index (χ0v) is 21.6. The van der Waals surface area contributed by atoms with E-state index in [9.17, 15) is 4.79 Å². The Balaban J connectivity index is 2.90. The molecule has 0 radical (unpaired) electrons. The minimum atomic E-state index is -1.78. The number of hydrogen-bond acceptors (Lipinski definition) is 3. The van der Waals surface area contributed by atoms with Gasteiger partial charge in [0.2, 0.25) is 0 Å². The van der Waals surface area contributed by atoms with E-state index >= 15 is 0 Å². The molecule has 0 aliphatic carbocycles. The first-order valence-electron chi connectivity index (χ1n) is 10.7. The van der Waals surface area contributed by atoms with E-state index in [-0.39, 0.29) is 11.1 Å². The molecule has 0 aromatic heterocycles. The first-order valence-corrected chi connectivity index (χ1v) is 13.6. The highest BCUT2D eigenvalue weighted by Crippen LogP contribution is 2.37. The normalized spacial score (nSPS) is 13.0. The van der Waals surface area contributed by atoms with Crippen LogP contribution in [-0.2, 0) is 22.2 Å². The number of amides is 1. The lowest BCUT2D eigenvalue weighted by molar-refractivity contribution is 0.0300. The third-order valence-electron chi connectivity index (χ3n) is 5.66. The summed E-state index contributed by atoms with van der Waals surface area (Å²) in [6.07, 6.45) is 0.526. The predicted molar refractivity (Wildman–Crippen MR) is 125 cm³/mol. The Morgan fingerprint density at radius 1 is 1.10 bits per heavy atom. The van der Waals surface area contributed by atoms with Crippen LogP contribution in [0.1, 0.15) is 78.0 Å². The molecule has 5 heteroatoms. The Morgan fingerprint density at radius 2 is 1.69 bits per heavy atom. The Labute approximate surface area is 180 Å². The van der Waals surface area contributed by atoms with Crippen molar-refractivity contribution in [3.63, 3.8) is 0 Å². The molecule has 0 N–H and O–H groups in total. The average molecular weight is 422 g/mol. The maximum atomic E-state index is 12.3. The van der Waals surface area contributed by atoms with Gasteiger partial charge in [0.05, 0.1) is 6.61 Å². The molecule has 0 saturated heterocycles. The molecule has 1 aromatic rings. The van der Waals surface area contributed by atoms with E-state index in [1.54, 1.807) is 11.9 Å². The van der Waals surface area contributed by atoms with Crippen LogP contribution in [0.25, 0.3) is 0 Å². The van der Waals surface area contributed by atoms with Crippen molar-refractivity contribution in [1.29, 1.82) is 0 Å². The van der Waals surface area contributed by atoms with E-state index in [2.05, 4.69) is 65.9 Å². The minimum Gasteiger partial charge on any atom is -0.444 e. The van der Waals surface area contributed by atoms with Gasteiger partial charge in [-0.1, -0.05) is 52.8 Å². The topological polar surface area (TPSA) is 38.8 Å². The van der Waals surface area contributed by atoms with Crippen molar-refractivity contribution in [2.24, 2.45) is 0 Å². The summed E-state index contributed by atoms with van der Waals surface area (Å²) in [5.41, 5.74) is 3.34. The number of rotatable bonds is 7. The van der Waals surface area contributed by atoms with Crippen molar-refractivity contribution in [2.45, 2.75) is 98.1 Å². The zero-order valence-electron chi connectivity index (χ0n) is 20.6. The average Bonchev–Trinajstić information content (AvgIpc) is 2.55. The molecule has 0 heterocycles. The Kier molecular flexibility index (Phi) is 8.55.